The third kappa shape index (κ3) is 2.72. The molecule has 0 spiro atoms. The van der Waals surface area contributed by atoms with Crippen molar-refractivity contribution in [1.29, 1.82) is 0 Å². The van der Waals surface area contributed by atoms with Crippen LogP contribution in [0.15, 0.2) is 30.3 Å². The Balaban J connectivity index is 1.77. The lowest BCUT2D eigenvalue weighted by molar-refractivity contribution is 0.676. The molecule has 3 heteroatoms. The van der Waals surface area contributed by atoms with E-state index in [1.165, 1.54) is 24.2 Å². The first-order valence-corrected chi connectivity index (χ1v) is 7.69. The van der Waals surface area contributed by atoms with Crippen LogP contribution in [0.3, 0.4) is 0 Å². The van der Waals surface area contributed by atoms with Crippen molar-refractivity contribution in [2.75, 3.05) is 5.73 Å². The van der Waals surface area contributed by atoms with Crippen LogP contribution in [0.1, 0.15) is 49.3 Å². The lowest BCUT2D eigenvalue weighted by Gasteiger charge is -2.07. The fourth-order valence-electron chi connectivity index (χ4n) is 2.78. The third-order valence-electron chi connectivity index (χ3n) is 3.98. The summed E-state index contributed by atoms with van der Waals surface area (Å²) in [5.74, 6) is 2.10. The largest absolute Gasteiger partial charge is 0.384 e. The van der Waals surface area contributed by atoms with Crippen molar-refractivity contribution in [1.82, 2.24) is 9.55 Å². The first kappa shape index (κ1) is 13.2. The van der Waals surface area contributed by atoms with Crippen LogP contribution in [0.4, 0.5) is 5.82 Å². The molecular formula is C17H23N3. The second kappa shape index (κ2) is 5.70. The van der Waals surface area contributed by atoms with E-state index >= 15 is 0 Å². The van der Waals surface area contributed by atoms with Gasteiger partial charge in [0.2, 0.25) is 0 Å². The van der Waals surface area contributed by atoms with Crippen molar-refractivity contribution in [3.8, 4) is 0 Å². The SMILES string of the molecule is CCCc1nc(CCc2ccccc2)c(N)n1C1CC1. The number of nitrogens with zero attached hydrogens (tertiary/aromatic N) is 2. The van der Waals surface area contributed by atoms with Crippen LogP contribution in [0.5, 0.6) is 0 Å². The van der Waals surface area contributed by atoms with Gasteiger partial charge >= 0.3 is 0 Å². The Morgan fingerprint density at radius 2 is 1.90 bits per heavy atom. The molecule has 0 radical (unpaired) electrons. The Morgan fingerprint density at radius 1 is 1.15 bits per heavy atom. The second-order valence-corrected chi connectivity index (χ2v) is 5.70. The summed E-state index contributed by atoms with van der Waals surface area (Å²) in [6.07, 6.45) is 6.63. The number of aryl methyl sites for hydroxylation is 3. The highest BCUT2D eigenvalue weighted by Gasteiger charge is 2.29. The van der Waals surface area contributed by atoms with Gasteiger partial charge in [0.1, 0.15) is 11.6 Å². The van der Waals surface area contributed by atoms with E-state index in [2.05, 4.69) is 41.8 Å². The molecule has 20 heavy (non-hydrogen) atoms. The molecule has 3 rings (SSSR count). The van der Waals surface area contributed by atoms with Gasteiger partial charge in [0.05, 0.1) is 5.69 Å². The maximum absolute atomic E-state index is 6.34. The highest BCUT2D eigenvalue weighted by molar-refractivity contribution is 5.40. The van der Waals surface area contributed by atoms with Crippen molar-refractivity contribution in [3.05, 3.63) is 47.4 Å². The van der Waals surface area contributed by atoms with Gasteiger partial charge in [-0.15, -0.1) is 0 Å². The predicted octanol–water partition coefficient (Wildman–Crippen LogP) is 3.54. The van der Waals surface area contributed by atoms with Crippen LogP contribution < -0.4 is 5.73 Å². The molecule has 2 aromatic rings. The van der Waals surface area contributed by atoms with Crippen LogP contribution in [0.25, 0.3) is 0 Å². The molecule has 0 aliphatic heterocycles. The van der Waals surface area contributed by atoms with Crippen LogP contribution in [0, 0.1) is 0 Å². The van der Waals surface area contributed by atoms with Crippen molar-refractivity contribution < 1.29 is 0 Å². The molecule has 0 atom stereocenters. The quantitative estimate of drug-likeness (QED) is 0.871. The molecule has 0 bridgehead atoms. The average molecular weight is 269 g/mol. The zero-order valence-electron chi connectivity index (χ0n) is 12.2. The molecule has 0 unspecified atom stereocenters. The molecule has 1 aromatic heterocycles. The minimum Gasteiger partial charge on any atom is -0.384 e. The molecule has 3 nitrogen and oxygen atoms in total. The van der Waals surface area contributed by atoms with Crippen LogP contribution in [0.2, 0.25) is 0 Å². The van der Waals surface area contributed by atoms with Gasteiger partial charge in [-0.2, -0.15) is 0 Å². The smallest absolute Gasteiger partial charge is 0.127 e. The van der Waals surface area contributed by atoms with E-state index in [1.807, 2.05) is 0 Å². The molecule has 1 aromatic carbocycles. The highest BCUT2D eigenvalue weighted by atomic mass is 15.2. The lowest BCUT2D eigenvalue weighted by Crippen LogP contribution is -2.05. The maximum Gasteiger partial charge on any atom is 0.127 e. The number of imidazole rings is 1. The molecule has 0 amide bonds. The zero-order chi connectivity index (χ0) is 13.9. The summed E-state index contributed by atoms with van der Waals surface area (Å²) in [6, 6.07) is 11.2. The summed E-state index contributed by atoms with van der Waals surface area (Å²) in [4.78, 5) is 4.81. The number of anilines is 1. The van der Waals surface area contributed by atoms with E-state index in [-0.39, 0.29) is 0 Å². The molecule has 2 N–H and O–H groups in total. The van der Waals surface area contributed by atoms with Gasteiger partial charge in [-0.25, -0.2) is 4.98 Å². The van der Waals surface area contributed by atoms with Gasteiger partial charge in [0.25, 0.3) is 0 Å². The average Bonchev–Trinajstić information content (AvgIpc) is 3.25. The van der Waals surface area contributed by atoms with Crippen LogP contribution >= 0.6 is 0 Å². The van der Waals surface area contributed by atoms with E-state index in [9.17, 15) is 0 Å². The number of hydrogen-bond acceptors (Lipinski definition) is 2. The number of rotatable bonds is 6. The zero-order valence-corrected chi connectivity index (χ0v) is 12.2. The van der Waals surface area contributed by atoms with Gasteiger partial charge < -0.3 is 10.3 Å². The Hall–Kier alpha value is -1.77. The lowest BCUT2D eigenvalue weighted by atomic mass is 10.1. The van der Waals surface area contributed by atoms with Crippen molar-refractivity contribution in [3.63, 3.8) is 0 Å². The minimum atomic E-state index is 0.620. The number of hydrogen-bond donors (Lipinski definition) is 1. The van der Waals surface area contributed by atoms with E-state index in [0.29, 0.717) is 6.04 Å². The molecular weight excluding hydrogens is 246 g/mol. The van der Waals surface area contributed by atoms with Gasteiger partial charge in [-0.3, -0.25) is 0 Å². The summed E-state index contributed by atoms with van der Waals surface area (Å²) in [5.41, 5.74) is 8.78. The topological polar surface area (TPSA) is 43.8 Å². The molecule has 1 aliphatic carbocycles. The fraction of sp³-hybridized carbons (Fsp3) is 0.471. The summed E-state index contributed by atoms with van der Waals surface area (Å²) in [6.45, 7) is 2.20. The van der Waals surface area contributed by atoms with Gasteiger partial charge in [-0.1, -0.05) is 37.3 Å². The van der Waals surface area contributed by atoms with Crippen molar-refractivity contribution in [2.45, 2.75) is 51.5 Å². The van der Waals surface area contributed by atoms with Crippen molar-refractivity contribution >= 4 is 5.82 Å². The number of benzene rings is 1. The van der Waals surface area contributed by atoms with E-state index in [1.54, 1.807) is 0 Å². The second-order valence-electron chi connectivity index (χ2n) is 5.70. The molecule has 1 heterocycles. The normalized spacial score (nSPS) is 14.7. The third-order valence-corrected chi connectivity index (χ3v) is 3.98. The fourth-order valence-corrected chi connectivity index (χ4v) is 2.78. The Morgan fingerprint density at radius 3 is 2.55 bits per heavy atom. The standard InChI is InChI=1S/C17H23N3/c1-2-6-16-19-15(17(18)20(16)14-10-11-14)12-9-13-7-4-3-5-8-13/h3-5,7-8,14H,2,6,9-12,18H2,1H3. The summed E-state index contributed by atoms with van der Waals surface area (Å²) >= 11 is 0. The summed E-state index contributed by atoms with van der Waals surface area (Å²) in [7, 11) is 0. The summed E-state index contributed by atoms with van der Waals surface area (Å²) < 4.78 is 2.30. The van der Waals surface area contributed by atoms with Gasteiger partial charge in [0.15, 0.2) is 0 Å². The molecule has 0 saturated heterocycles. The van der Waals surface area contributed by atoms with E-state index in [0.717, 1.165) is 37.2 Å². The van der Waals surface area contributed by atoms with E-state index in [4.69, 9.17) is 10.7 Å². The molecule has 1 saturated carbocycles. The Kier molecular flexibility index (Phi) is 3.77. The van der Waals surface area contributed by atoms with Gasteiger partial charge in [-0.05, 0) is 37.7 Å². The first-order chi connectivity index (χ1) is 9.79. The number of aromatic nitrogens is 2. The first-order valence-electron chi connectivity index (χ1n) is 7.69. The van der Waals surface area contributed by atoms with Crippen LogP contribution in [-0.2, 0) is 19.3 Å². The number of nitrogens with two attached hydrogens (primary N) is 1. The predicted molar refractivity (Wildman–Crippen MR) is 82.8 cm³/mol. The monoisotopic (exact) mass is 269 g/mol. The summed E-state index contributed by atoms with van der Waals surface area (Å²) in [5, 5.41) is 0. The molecule has 106 valence electrons. The Bertz CT molecular complexity index is 567. The Labute approximate surface area is 120 Å². The highest BCUT2D eigenvalue weighted by Crippen LogP contribution is 2.39. The molecule has 1 fully saturated rings. The molecule has 1 aliphatic rings. The minimum absolute atomic E-state index is 0.620. The maximum atomic E-state index is 6.34. The van der Waals surface area contributed by atoms with Crippen molar-refractivity contribution in [2.24, 2.45) is 0 Å². The van der Waals surface area contributed by atoms with Gasteiger partial charge in [0, 0.05) is 12.5 Å². The van der Waals surface area contributed by atoms with Crippen LogP contribution in [-0.4, -0.2) is 9.55 Å². The van der Waals surface area contributed by atoms with E-state index < -0.39 is 0 Å². The number of nitrogen functional groups attached to an aromatic ring is 1.